The third kappa shape index (κ3) is 6.75. The molecule has 110 valence electrons. The summed E-state index contributed by atoms with van der Waals surface area (Å²) in [5.41, 5.74) is 1.01. The average molecular weight is 274 g/mol. The predicted molar refractivity (Wildman–Crippen MR) is 83.2 cm³/mol. The second-order valence-corrected chi connectivity index (χ2v) is 5.53. The Morgan fingerprint density at radius 3 is 2.40 bits per heavy atom. The van der Waals surface area contributed by atoms with Gasteiger partial charge in [-0.15, -0.1) is 6.42 Å². The Morgan fingerprint density at radius 2 is 1.80 bits per heavy atom. The van der Waals surface area contributed by atoms with Crippen LogP contribution >= 0.6 is 0 Å². The van der Waals surface area contributed by atoms with Gasteiger partial charge in [0, 0.05) is 5.56 Å². The van der Waals surface area contributed by atoms with Crippen LogP contribution in [0.25, 0.3) is 0 Å². The molecule has 0 aliphatic heterocycles. The van der Waals surface area contributed by atoms with Crippen LogP contribution in [0.3, 0.4) is 0 Å². The first kappa shape index (κ1) is 16.8. The van der Waals surface area contributed by atoms with E-state index in [4.69, 9.17) is 15.9 Å². The summed E-state index contributed by atoms with van der Waals surface area (Å²) >= 11 is 0. The van der Waals surface area contributed by atoms with Gasteiger partial charge in [-0.05, 0) is 19.3 Å². The molecule has 2 unspecified atom stereocenters. The molecule has 1 aromatic rings. The molecule has 0 bridgehead atoms. The van der Waals surface area contributed by atoms with E-state index in [2.05, 4.69) is 26.7 Å². The van der Waals surface area contributed by atoms with Crippen molar-refractivity contribution in [2.24, 2.45) is 5.92 Å². The first-order valence-corrected chi connectivity index (χ1v) is 7.39. The molecular weight excluding hydrogens is 248 g/mol. The molecule has 0 saturated heterocycles. The molecule has 2 atom stereocenters. The minimum atomic E-state index is -0.374. The number of benzene rings is 1. The molecule has 20 heavy (non-hydrogen) atoms. The molecule has 0 aliphatic carbocycles. The SMILES string of the molecule is C#CCOC(OC(C)CCCC(C)C)c1ccccc1. The topological polar surface area (TPSA) is 18.5 Å². The lowest BCUT2D eigenvalue weighted by Crippen LogP contribution is -2.17. The highest BCUT2D eigenvalue weighted by atomic mass is 16.7. The fraction of sp³-hybridized carbons (Fsp3) is 0.556. The van der Waals surface area contributed by atoms with Gasteiger partial charge < -0.3 is 9.47 Å². The fourth-order valence-corrected chi connectivity index (χ4v) is 2.04. The molecule has 2 nitrogen and oxygen atoms in total. The molecule has 0 amide bonds. The Morgan fingerprint density at radius 1 is 1.10 bits per heavy atom. The third-order valence-corrected chi connectivity index (χ3v) is 3.14. The molecule has 0 saturated carbocycles. The quantitative estimate of drug-likeness (QED) is 0.485. The van der Waals surface area contributed by atoms with Crippen molar-refractivity contribution in [2.75, 3.05) is 6.61 Å². The molecule has 0 spiro atoms. The van der Waals surface area contributed by atoms with Crippen LogP contribution in [-0.2, 0) is 9.47 Å². The summed E-state index contributed by atoms with van der Waals surface area (Å²) in [5.74, 6) is 3.24. The average Bonchev–Trinajstić information content (AvgIpc) is 2.44. The molecule has 0 aliphatic rings. The molecular formula is C18H26O2. The predicted octanol–water partition coefficient (Wildman–Crippen LogP) is 4.57. The van der Waals surface area contributed by atoms with Crippen molar-refractivity contribution in [1.29, 1.82) is 0 Å². The molecule has 1 rings (SSSR count). The Balaban J connectivity index is 2.50. The van der Waals surface area contributed by atoms with Crippen LogP contribution in [0.15, 0.2) is 30.3 Å². The lowest BCUT2D eigenvalue weighted by atomic mass is 10.0. The maximum absolute atomic E-state index is 6.00. The summed E-state index contributed by atoms with van der Waals surface area (Å²) in [6.07, 6.45) is 8.51. The lowest BCUT2D eigenvalue weighted by Gasteiger charge is -2.22. The zero-order valence-electron chi connectivity index (χ0n) is 12.8. The summed E-state index contributed by atoms with van der Waals surface area (Å²) in [4.78, 5) is 0. The number of terminal acetylenes is 1. The largest absolute Gasteiger partial charge is 0.345 e. The van der Waals surface area contributed by atoms with Crippen molar-refractivity contribution in [3.05, 3.63) is 35.9 Å². The molecule has 1 aromatic carbocycles. The van der Waals surface area contributed by atoms with Crippen molar-refractivity contribution in [2.45, 2.75) is 52.4 Å². The highest BCUT2D eigenvalue weighted by molar-refractivity contribution is 5.16. The van der Waals surface area contributed by atoms with Gasteiger partial charge in [0.2, 0.25) is 0 Å². The Bertz CT molecular complexity index is 392. The van der Waals surface area contributed by atoms with Gasteiger partial charge in [-0.1, -0.05) is 62.9 Å². The fourth-order valence-electron chi connectivity index (χ4n) is 2.04. The summed E-state index contributed by atoms with van der Waals surface area (Å²) in [5, 5.41) is 0. The number of hydrogen-bond acceptors (Lipinski definition) is 2. The van der Waals surface area contributed by atoms with Gasteiger partial charge in [0.15, 0.2) is 6.29 Å². The van der Waals surface area contributed by atoms with Crippen molar-refractivity contribution in [1.82, 2.24) is 0 Å². The maximum Gasteiger partial charge on any atom is 0.185 e. The zero-order valence-corrected chi connectivity index (χ0v) is 12.8. The zero-order chi connectivity index (χ0) is 14.8. The van der Waals surface area contributed by atoms with E-state index < -0.39 is 0 Å². The van der Waals surface area contributed by atoms with E-state index in [0.717, 1.165) is 17.9 Å². The van der Waals surface area contributed by atoms with Crippen molar-refractivity contribution >= 4 is 0 Å². The normalized spacial score (nSPS) is 13.9. The Hall–Kier alpha value is -1.30. The maximum atomic E-state index is 6.00. The van der Waals surface area contributed by atoms with Gasteiger partial charge in [0.05, 0.1) is 6.10 Å². The highest BCUT2D eigenvalue weighted by Crippen LogP contribution is 2.22. The second-order valence-electron chi connectivity index (χ2n) is 5.53. The molecule has 0 N–H and O–H groups in total. The summed E-state index contributed by atoms with van der Waals surface area (Å²) in [6.45, 7) is 6.84. The van der Waals surface area contributed by atoms with E-state index in [1.54, 1.807) is 0 Å². The van der Waals surface area contributed by atoms with E-state index in [-0.39, 0.29) is 19.0 Å². The first-order chi connectivity index (χ1) is 9.63. The number of ether oxygens (including phenoxy) is 2. The van der Waals surface area contributed by atoms with Crippen LogP contribution in [0.4, 0.5) is 0 Å². The van der Waals surface area contributed by atoms with Crippen LogP contribution in [0, 0.1) is 18.3 Å². The monoisotopic (exact) mass is 274 g/mol. The van der Waals surface area contributed by atoms with E-state index in [1.165, 1.54) is 12.8 Å². The van der Waals surface area contributed by atoms with Crippen LogP contribution in [0.5, 0.6) is 0 Å². The smallest absolute Gasteiger partial charge is 0.185 e. The van der Waals surface area contributed by atoms with E-state index in [0.29, 0.717) is 0 Å². The lowest BCUT2D eigenvalue weighted by molar-refractivity contribution is -0.165. The second kappa shape index (κ2) is 9.58. The van der Waals surface area contributed by atoms with Crippen molar-refractivity contribution in [3.8, 4) is 12.3 Å². The van der Waals surface area contributed by atoms with Gasteiger partial charge in [-0.3, -0.25) is 0 Å². The van der Waals surface area contributed by atoms with Crippen LogP contribution < -0.4 is 0 Å². The van der Waals surface area contributed by atoms with Crippen LogP contribution in [-0.4, -0.2) is 12.7 Å². The minimum Gasteiger partial charge on any atom is -0.345 e. The Kier molecular flexibility index (Phi) is 8.02. The van der Waals surface area contributed by atoms with E-state index in [1.807, 2.05) is 30.3 Å². The molecule has 0 fully saturated rings. The van der Waals surface area contributed by atoms with Gasteiger partial charge in [-0.2, -0.15) is 0 Å². The number of hydrogen-bond donors (Lipinski definition) is 0. The van der Waals surface area contributed by atoms with Gasteiger partial charge in [0.25, 0.3) is 0 Å². The third-order valence-electron chi connectivity index (χ3n) is 3.14. The van der Waals surface area contributed by atoms with E-state index in [9.17, 15) is 0 Å². The number of rotatable bonds is 9. The van der Waals surface area contributed by atoms with E-state index >= 15 is 0 Å². The molecule has 0 heterocycles. The summed E-state index contributed by atoms with van der Waals surface area (Å²) < 4.78 is 11.6. The molecule has 2 heteroatoms. The summed E-state index contributed by atoms with van der Waals surface area (Å²) in [7, 11) is 0. The first-order valence-electron chi connectivity index (χ1n) is 7.39. The standard InChI is InChI=1S/C18H26O2/c1-5-14-19-18(17-12-7-6-8-13-17)20-16(4)11-9-10-15(2)3/h1,6-8,12-13,15-16,18H,9-11,14H2,2-4H3. The van der Waals surface area contributed by atoms with Crippen LogP contribution in [0.1, 0.15) is 51.9 Å². The Labute approximate surface area is 123 Å². The van der Waals surface area contributed by atoms with Crippen LogP contribution in [0.2, 0.25) is 0 Å². The molecule has 0 radical (unpaired) electrons. The minimum absolute atomic E-state index is 0.164. The van der Waals surface area contributed by atoms with Gasteiger partial charge >= 0.3 is 0 Å². The van der Waals surface area contributed by atoms with Gasteiger partial charge in [0.1, 0.15) is 6.61 Å². The summed E-state index contributed by atoms with van der Waals surface area (Å²) in [6, 6.07) is 9.95. The van der Waals surface area contributed by atoms with Gasteiger partial charge in [-0.25, -0.2) is 0 Å². The highest BCUT2D eigenvalue weighted by Gasteiger charge is 2.15. The van der Waals surface area contributed by atoms with Crippen molar-refractivity contribution < 1.29 is 9.47 Å². The van der Waals surface area contributed by atoms with Crippen molar-refractivity contribution in [3.63, 3.8) is 0 Å². The molecule has 0 aromatic heterocycles.